The largest absolute Gasteiger partial charge is 0.481 e. The Labute approximate surface area is 272 Å². The molecule has 2 aliphatic rings. The number of anilines is 1. The molecular weight excluding hydrogens is 621 g/mol. The summed E-state index contributed by atoms with van der Waals surface area (Å²) < 4.78 is 11.1. The molecule has 14 heteroatoms. The third kappa shape index (κ3) is 9.90. The minimum atomic E-state index is -0.776. The first-order chi connectivity index (χ1) is 21.7. The van der Waals surface area contributed by atoms with Crippen LogP contribution in [0.1, 0.15) is 12.0 Å². The zero-order valence-corrected chi connectivity index (χ0v) is 26.4. The van der Waals surface area contributed by atoms with E-state index in [0.717, 1.165) is 69.3 Å². The van der Waals surface area contributed by atoms with E-state index in [-0.39, 0.29) is 13.0 Å². The zero-order chi connectivity index (χ0) is 31.8. The molecule has 2 aromatic heterocycles. The van der Waals surface area contributed by atoms with Crippen LogP contribution in [-0.2, 0) is 16.1 Å². The Morgan fingerprint density at radius 3 is 2.18 bits per heavy atom. The van der Waals surface area contributed by atoms with Gasteiger partial charge in [-0.15, -0.1) is 0 Å². The molecule has 2 aliphatic heterocycles. The lowest BCUT2D eigenvalue weighted by Gasteiger charge is -2.35. The van der Waals surface area contributed by atoms with E-state index >= 15 is 0 Å². The molecular formula is C31H37Cl2N7O5. The number of halogens is 2. The summed E-state index contributed by atoms with van der Waals surface area (Å²) in [5.41, 5.74) is 7.58. The van der Waals surface area contributed by atoms with Crippen LogP contribution in [0.2, 0.25) is 10.0 Å². The molecule has 5 rings (SSSR count). The van der Waals surface area contributed by atoms with Crippen molar-refractivity contribution in [2.45, 2.75) is 13.0 Å². The zero-order valence-electron chi connectivity index (χ0n) is 24.9. The molecule has 3 N–H and O–H groups in total. The Balaban J connectivity index is 1.25. The average Bonchev–Trinajstić information content (AvgIpc) is 3.01. The lowest BCUT2D eigenvalue weighted by molar-refractivity contribution is -0.137. The van der Waals surface area contributed by atoms with Crippen molar-refractivity contribution >= 4 is 41.1 Å². The van der Waals surface area contributed by atoms with Gasteiger partial charge in [0.1, 0.15) is 18.2 Å². The van der Waals surface area contributed by atoms with Crippen LogP contribution in [0.25, 0.3) is 11.3 Å². The number of hydrogen-bond acceptors (Lipinski definition) is 10. The first-order valence-electron chi connectivity index (χ1n) is 14.9. The van der Waals surface area contributed by atoms with Crippen LogP contribution in [0.3, 0.4) is 0 Å². The lowest BCUT2D eigenvalue weighted by Crippen LogP contribution is -2.47. The maximum atomic E-state index is 10.9. The van der Waals surface area contributed by atoms with E-state index < -0.39 is 12.1 Å². The maximum Gasteiger partial charge on any atom is 0.404 e. The van der Waals surface area contributed by atoms with Crippen LogP contribution in [-0.4, -0.2) is 114 Å². The molecule has 1 aromatic carbocycles. The number of nitrogens with two attached hydrogens (primary N) is 1. The van der Waals surface area contributed by atoms with E-state index in [2.05, 4.69) is 24.6 Å². The number of hydrogen-bond donors (Lipinski definition) is 2. The molecule has 3 aromatic rings. The number of carbonyl (C=O) groups excluding carboxylic acids is 1. The summed E-state index contributed by atoms with van der Waals surface area (Å²) in [6.07, 6.45) is 1.09. The number of nitrogens with zero attached hydrogens (tertiary/aromatic N) is 6. The molecule has 45 heavy (non-hydrogen) atoms. The summed E-state index contributed by atoms with van der Waals surface area (Å²) in [7, 11) is 0. The number of aliphatic carboxylic acids is 1. The predicted octanol–water partition coefficient (Wildman–Crippen LogP) is 4.05. The van der Waals surface area contributed by atoms with Gasteiger partial charge in [-0.25, -0.2) is 14.8 Å². The standard InChI is InChI=1S/C31H37Cl2N7O5/c32-24-17-23(18-25(33)19-24)27-15-22(21-39-7-5-38(6-8-39)13-14-44-31(34)43)16-29(36-27)45-26-1-2-28(35-20-26)40-11-9-37(10-12-40)4-3-30(41)42/h1-2,15-20H,3-14,21H2,(H2,34,43)(H,41,42). The van der Waals surface area contributed by atoms with Gasteiger partial charge >= 0.3 is 12.1 Å². The molecule has 4 heterocycles. The molecule has 2 fully saturated rings. The van der Waals surface area contributed by atoms with E-state index in [4.69, 9.17) is 48.5 Å². The van der Waals surface area contributed by atoms with Gasteiger partial charge in [-0.3, -0.25) is 19.5 Å². The van der Waals surface area contributed by atoms with E-state index in [1.54, 1.807) is 12.3 Å². The van der Waals surface area contributed by atoms with Crippen molar-refractivity contribution in [3.63, 3.8) is 0 Å². The number of rotatable bonds is 12. The monoisotopic (exact) mass is 657 g/mol. The van der Waals surface area contributed by atoms with Crippen molar-refractivity contribution in [1.82, 2.24) is 24.7 Å². The summed E-state index contributed by atoms with van der Waals surface area (Å²) in [6.45, 7) is 8.73. The second kappa shape index (κ2) is 15.5. The number of ether oxygens (including phenoxy) is 2. The number of piperazine rings is 2. The maximum absolute atomic E-state index is 10.9. The highest BCUT2D eigenvalue weighted by atomic mass is 35.5. The molecule has 2 saturated heterocycles. The lowest BCUT2D eigenvalue weighted by atomic mass is 10.1. The number of primary amides is 1. The third-order valence-corrected chi connectivity index (χ3v) is 8.26. The van der Waals surface area contributed by atoms with Crippen LogP contribution in [0.15, 0.2) is 48.7 Å². The summed E-state index contributed by atoms with van der Waals surface area (Å²) in [5.74, 6) is 1.06. The van der Waals surface area contributed by atoms with Crippen molar-refractivity contribution in [2.75, 3.05) is 77.0 Å². The molecule has 0 atom stereocenters. The fourth-order valence-electron chi connectivity index (χ4n) is 5.45. The fraction of sp³-hybridized carbons (Fsp3) is 0.419. The Bertz CT molecular complexity index is 1440. The Morgan fingerprint density at radius 2 is 1.53 bits per heavy atom. The number of benzene rings is 1. The molecule has 0 unspecified atom stereocenters. The normalized spacial score (nSPS) is 16.4. The van der Waals surface area contributed by atoms with Gasteiger partial charge in [-0.1, -0.05) is 23.2 Å². The predicted molar refractivity (Wildman–Crippen MR) is 172 cm³/mol. The summed E-state index contributed by atoms with van der Waals surface area (Å²) in [5, 5.41) is 9.98. The fourth-order valence-corrected chi connectivity index (χ4v) is 5.98. The first-order valence-corrected chi connectivity index (χ1v) is 15.6. The highest BCUT2D eigenvalue weighted by Gasteiger charge is 2.20. The number of pyridine rings is 2. The van der Waals surface area contributed by atoms with E-state index in [1.165, 1.54) is 0 Å². The molecule has 1 amide bonds. The number of aromatic nitrogens is 2. The van der Waals surface area contributed by atoms with Crippen LogP contribution in [0, 0.1) is 0 Å². The number of carboxylic acid groups (broad SMARTS) is 1. The molecule has 0 radical (unpaired) electrons. The highest BCUT2D eigenvalue weighted by Crippen LogP contribution is 2.31. The summed E-state index contributed by atoms with van der Waals surface area (Å²) in [6, 6.07) is 13.1. The highest BCUT2D eigenvalue weighted by molar-refractivity contribution is 6.35. The van der Waals surface area contributed by atoms with E-state index in [1.807, 2.05) is 36.4 Å². The molecule has 240 valence electrons. The van der Waals surface area contributed by atoms with Crippen molar-refractivity contribution in [2.24, 2.45) is 5.73 Å². The smallest absolute Gasteiger partial charge is 0.404 e. The SMILES string of the molecule is NC(=O)OCCN1CCN(Cc2cc(Oc3ccc(N4CCN(CCC(=O)O)CC4)nc3)nc(-c3cc(Cl)cc(Cl)c3)c2)CC1. The van der Waals surface area contributed by atoms with Gasteiger partial charge in [0.2, 0.25) is 5.88 Å². The minimum absolute atomic E-state index is 0.151. The van der Waals surface area contributed by atoms with Crippen LogP contribution < -0.4 is 15.4 Å². The third-order valence-electron chi connectivity index (χ3n) is 7.82. The Morgan fingerprint density at radius 1 is 0.867 bits per heavy atom. The molecule has 12 nitrogen and oxygen atoms in total. The molecule has 0 spiro atoms. The van der Waals surface area contributed by atoms with Gasteiger partial charge in [0.05, 0.1) is 18.3 Å². The second-order valence-corrected chi connectivity index (χ2v) is 11.9. The van der Waals surface area contributed by atoms with Gasteiger partial charge in [0.25, 0.3) is 0 Å². The molecule has 0 bridgehead atoms. The van der Waals surface area contributed by atoms with Crippen LogP contribution >= 0.6 is 23.2 Å². The van der Waals surface area contributed by atoms with E-state index in [0.29, 0.717) is 47.0 Å². The van der Waals surface area contributed by atoms with Crippen molar-refractivity contribution < 1.29 is 24.2 Å². The number of carbonyl (C=O) groups is 2. The number of carboxylic acids is 1. The van der Waals surface area contributed by atoms with Gasteiger partial charge in [-0.2, -0.15) is 0 Å². The van der Waals surface area contributed by atoms with Crippen LogP contribution in [0.5, 0.6) is 11.6 Å². The summed E-state index contributed by atoms with van der Waals surface area (Å²) in [4.78, 5) is 40.1. The second-order valence-electron chi connectivity index (χ2n) is 11.1. The molecule has 0 aliphatic carbocycles. The average molecular weight is 659 g/mol. The van der Waals surface area contributed by atoms with Gasteiger partial charge in [-0.05, 0) is 42.0 Å². The van der Waals surface area contributed by atoms with Crippen LogP contribution in [0.4, 0.5) is 10.6 Å². The van der Waals surface area contributed by atoms with Crippen molar-refractivity contribution in [3.8, 4) is 22.9 Å². The quantitative estimate of drug-likeness (QED) is 0.292. The van der Waals surface area contributed by atoms with Crippen molar-refractivity contribution in [1.29, 1.82) is 0 Å². The van der Waals surface area contributed by atoms with Gasteiger partial charge < -0.3 is 25.2 Å². The topological polar surface area (TPSA) is 138 Å². The first kappa shape index (κ1) is 32.7. The van der Waals surface area contributed by atoms with Crippen molar-refractivity contribution in [3.05, 3.63) is 64.3 Å². The van der Waals surface area contributed by atoms with Gasteiger partial charge in [0.15, 0.2) is 0 Å². The minimum Gasteiger partial charge on any atom is -0.481 e. The molecule has 0 saturated carbocycles. The van der Waals surface area contributed by atoms with E-state index in [9.17, 15) is 9.59 Å². The Kier molecular flexibility index (Phi) is 11.3. The summed E-state index contributed by atoms with van der Waals surface area (Å²) >= 11 is 12.6. The Hall–Kier alpha value is -3.68. The number of amides is 1. The van der Waals surface area contributed by atoms with Gasteiger partial charge in [0, 0.05) is 93.7 Å².